The molecule has 12 heteroatoms. The molecule has 0 aliphatic rings. The van der Waals surface area contributed by atoms with Gasteiger partial charge in [0.2, 0.25) is 16.0 Å². The third-order valence-corrected chi connectivity index (χ3v) is 4.38. The van der Waals surface area contributed by atoms with E-state index in [0.717, 1.165) is 16.4 Å². The van der Waals surface area contributed by atoms with Crippen molar-refractivity contribution in [3.8, 4) is 6.07 Å². The van der Waals surface area contributed by atoms with Gasteiger partial charge in [0.05, 0.1) is 11.9 Å². The van der Waals surface area contributed by atoms with E-state index >= 15 is 0 Å². The summed E-state index contributed by atoms with van der Waals surface area (Å²) in [4.78, 5) is 7.42. The number of anilines is 3. The molecular weight excluding hydrogens is 373 g/mol. The van der Waals surface area contributed by atoms with Crippen LogP contribution in [-0.2, 0) is 16.2 Å². The van der Waals surface area contributed by atoms with Crippen molar-refractivity contribution in [3.05, 3.63) is 29.2 Å². The van der Waals surface area contributed by atoms with Crippen molar-refractivity contribution >= 4 is 27.5 Å². The van der Waals surface area contributed by atoms with Crippen LogP contribution in [0, 0.1) is 18.3 Å². The first-order valence-corrected chi connectivity index (χ1v) is 9.11. The predicted octanol–water partition coefficient (Wildman–Crippen LogP) is 2.46. The molecule has 8 nitrogen and oxygen atoms in total. The zero-order valence-corrected chi connectivity index (χ0v) is 14.8. The first-order valence-electron chi connectivity index (χ1n) is 7.26. The monoisotopic (exact) mass is 388 g/mol. The van der Waals surface area contributed by atoms with E-state index in [4.69, 9.17) is 5.26 Å². The lowest BCUT2D eigenvalue weighted by atomic mass is 10.2. The number of aromatic nitrogens is 3. The topological polar surface area (TPSA) is 113 Å². The average Bonchev–Trinajstić information content (AvgIpc) is 2.83. The maximum Gasteiger partial charge on any atom is 0.421 e. The fourth-order valence-corrected chi connectivity index (χ4v) is 2.97. The lowest BCUT2D eigenvalue weighted by molar-refractivity contribution is -0.137. The smallest absolute Gasteiger partial charge is 0.370 e. The van der Waals surface area contributed by atoms with Crippen LogP contribution < -0.4 is 10.6 Å². The second-order valence-electron chi connectivity index (χ2n) is 5.30. The Hall–Kier alpha value is -2.81. The minimum atomic E-state index is -4.63. The molecule has 0 radical (unpaired) electrons. The molecular formula is C14H15F3N6O2S. The highest BCUT2D eigenvalue weighted by Gasteiger charge is 2.35. The Bertz CT molecular complexity index is 976. The van der Waals surface area contributed by atoms with Crippen LogP contribution >= 0.6 is 0 Å². The lowest BCUT2D eigenvalue weighted by Crippen LogP contribution is -2.14. The van der Waals surface area contributed by atoms with E-state index in [-0.39, 0.29) is 23.9 Å². The van der Waals surface area contributed by atoms with Gasteiger partial charge >= 0.3 is 6.18 Å². The fraction of sp³-hybridized carbons (Fsp3) is 0.357. The summed E-state index contributed by atoms with van der Waals surface area (Å²) in [5.41, 5.74) is -0.650. The molecule has 0 fully saturated rings. The van der Waals surface area contributed by atoms with Crippen molar-refractivity contribution < 1.29 is 21.6 Å². The molecule has 2 aromatic rings. The van der Waals surface area contributed by atoms with Crippen molar-refractivity contribution in [2.45, 2.75) is 20.0 Å². The molecule has 0 unspecified atom stereocenters. The molecule has 26 heavy (non-hydrogen) atoms. The van der Waals surface area contributed by atoms with Gasteiger partial charge in [-0.25, -0.2) is 17.4 Å². The Balaban J connectivity index is 2.48. The van der Waals surface area contributed by atoms with Crippen LogP contribution in [0.5, 0.6) is 0 Å². The number of nitrogens with one attached hydrogen (secondary N) is 2. The van der Waals surface area contributed by atoms with Gasteiger partial charge in [-0.3, -0.25) is 0 Å². The number of nitrogens with zero attached hydrogens (tertiary/aromatic N) is 4. The summed E-state index contributed by atoms with van der Waals surface area (Å²) in [6.07, 6.45) is -1.92. The Morgan fingerprint density at radius 3 is 2.50 bits per heavy atom. The molecule has 0 aliphatic carbocycles. The molecule has 0 saturated carbocycles. The van der Waals surface area contributed by atoms with Gasteiger partial charge in [-0.05, 0) is 13.8 Å². The van der Waals surface area contributed by atoms with E-state index in [1.54, 1.807) is 13.0 Å². The van der Waals surface area contributed by atoms with Gasteiger partial charge in [-0.15, -0.1) is 0 Å². The number of nitriles is 1. The fourth-order valence-electron chi connectivity index (χ4n) is 2.16. The molecule has 140 valence electrons. The van der Waals surface area contributed by atoms with Crippen molar-refractivity contribution in [1.82, 2.24) is 13.9 Å². The van der Waals surface area contributed by atoms with E-state index in [9.17, 15) is 21.6 Å². The zero-order chi connectivity index (χ0) is 19.7. The molecule has 2 N–H and O–H groups in total. The van der Waals surface area contributed by atoms with Crippen LogP contribution in [0.25, 0.3) is 0 Å². The number of halogens is 3. The molecule has 2 heterocycles. The summed E-state index contributed by atoms with van der Waals surface area (Å²) in [5.74, 6) is -0.578. The standard InChI is InChI=1S/C14H15F3N6O2S/c1-4-19-12-9(14(15,16)17)6-20-13(22-12)21-10-7-23(26(3,24)25)11(5-18)8(10)2/h6-7H,4H2,1-3H3,(H2,19,20,21,22). The zero-order valence-electron chi connectivity index (χ0n) is 14.0. The molecule has 0 atom stereocenters. The highest BCUT2D eigenvalue weighted by molar-refractivity contribution is 7.89. The molecule has 0 saturated heterocycles. The van der Waals surface area contributed by atoms with Gasteiger partial charge < -0.3 is 10.6 Å². The highest BCUT2D eigenvalue weighted by Crippen LogP contribution is 2.34. The van der Waals surface area contributed by atoms with Gasteiger partial charge in [0, 0.05) is 24.5 Å². The largest absolute Gasteiger partial charge is 0.421 e. The summed E-state index contributed by atoms with van der Waals surface area (Å²) in [6.45, 7) is 3.32. The van der Waals surface area contributed by atoms with Crippen molar-refractivity contribution in [3.63, 3.8) is 0 Å². The maximum atomic E-state index is 13.0. The number of alkyl halides is 3. The van der Waals surface area contributed by atoms with E-state index in [1.165, 1.54) is 6.92 Å². The van der Waals surface area contributed by atoms with E-state index in [0.29, 0.717) is 11.8 Å². The highest BCUT2D eigenvalue weighted by atomic mass is 32.2. The Morgan fingerprint density at radius 2 is 2.04 bits per heavy atom. The maximum absolute atomic E-state index is 13.0. The summed E-state index contributed by atoms with van der Waals surface area (Å²) in [7, 11) is -3.73. The van der Waals surface area contributed by atoms with Gasteiger partial charge in [0.25, 0.3) is 0 Å². The third-order valence-electron chi connectivity index (χ3n) is 3.37. The Kier molecular flexibility index (Phi) is 5.13. The average molecular weight is 388 g/mol. The molecule has 0 amide bonds. The summed E-state index contributed by atoms with van der Waals surface area (Å²) < 4.78 is 63.2. The second-order valence-corrected chi connectivity index (χ2v) is 7.16. The number of rotatable bonds is 5. The normalized spacial score (nSPS) is 11.9. The van der Waals surface area contributed by atoms with Crippen molar-refractivity contribution in [1.29, 1.82) is 5.26 Å². The summed E-state index contributed by atoms with van der Waals surface area (Å²) >= 11 is 0. The van der Waals surface area contributed by atoms with Crippen LogP contribution in [-0.4, -0.2) is 35.2 Å². The molecule has 2 aromatic heterocycles. The van der Waals surface area contributed by atoms with Gasteiger partial charge in [0.1, 0.15) is 23.1 Å². The van der Waals surface area contributed by atoms with Gasteiger partial charge in [-0.2, -0.15) is 23.4 Å². The number of hydrogen-bond donors (Lipinski definition) is 2. The van der Waals surface area contributed by atoms with Crippen LogP contribution in [0.15, 0.2) is 12.4 Å². The predicted molar refractivity (Wildman–Crippen MR) is 88.6 cm³/mol. The van der Waals surface area contributed by atoms with Crippen molar-refractivity contribution in [2.75, 3.05) is 23.4 Å². The Morgan fingerprint density at radius 1 is 1.38 bits per heavy atom. The third kappa shape index (κ3) is 3.88. The van der Waals surface area contributed by atoms with Gasteiger partial charge in [0.15, 0.2) is 0 Å². The van der Waals surface area contributed by atoms with E-state index < -0.39 is 27.6 Å². The molecule has 0 bridgehead atoms. The van der Waals surface area contributed by atoms with Crippen LogP contribution in [0.2, 0.25) is 0 Å². The second kappa shape index (κ2) is 6.83. The minimum Gasteiger partial charge on any atom is -0.370 e. The molecule has 0 spiro atoms. The first kappa shape index (κ1) is 19.5. The van der Waals surface area contributed by atoms with E-state index in [1.807, 2.05) is 0 Å². The Labute approximate surface area is 147 Å². The quantitative estimate of drug-likeness (QED) is 0.809. The minimum absolute atomic E-state index is 0.117. The van der Waals surface area contributed by atoms with Crippen LogP contribution in [0.3, 0.4) is 0 Å². The molecule has 0 aromatic carbocycles. The van der Waals surface area contributed by atoms with Crippen LogP contribution in [0.4, 0.5) is 30.6 Å². The summed E-state index contributed by atoms with van der Waals surface area (Å²) in [5, 5.41) is 14.3. The first-order chi connectivity index (χ1) is 12.0. The number of hydrogen-bond acceptors (Lipinski definition) is 7. The van der Waals surface area contributed by atoms with Crippen molar-refractivity contribution in [2.24, 2.45) is 0 Å². The summed E-state index contributed by atoms with van der Waals surface area (Å²) in [6, 6.07) is 1.78. The van der Waals surface area contributed by atoms with Gasteiger partial charge in [-0.1, -0.05) is 0 Å². The van der Waals surface area contributed by atoms with Crippen LogP contribution in [0.1, 0.15) is 23.7 Å². The van der Waals surface area contributed by atoms with E-state index in [2.05, 4.69) is 20.6 Å². The molecule has 0 aliphatic heterocycles. The molecule has 2 rings (SSSR count). The lowest BCUT2D eigenvalue weighted by Gasteiger charge is -2.13. The SMILES string of the molecule is CCNc1nc(Nc2cn(S(C)(=O)=O)c(C#N)c2C)ncc1C(F)(F)F.